The highest BCUT2D eigenvalue weighted by molar-refractivity contribution is 9.10. The standard InChI is InChI=1S/C13H20BrNO3/c1-17-10-7-15(6-9-16)8-11-18-13-4-2-12(14)3-5-13/h2-5,16H,6-11H2,1H3. The summed E-state index contributed by atoms with van der Waals surface area (Å²) in [5.41, 5.74) is 0. The first kappa shape index (κ1) is 15.4. The minimum absolute atomic E-state index is 0.155. The third kappa shape index (κ3) is 6.35. The highest BCUT2D eigenvalue weighted by Gasteiger charge is 2.04. The Morgan fingerprint density at radius 1 is 1.11 bits per heavy atom. The summed E-state index contributed by atoms with van der Waals surface area (Å²) >= 11 is 3.38. The summed E-state index contributed by atoms with van der Waals surface area (Å²) < 4.78 is 11.7. The Morgan fingerprint density at radius 2 is 1.78 bits per heavy atom. The molecule has 0 aromatic heterocycles. The summed E-state index contributed by atoms with van der Waals surface area (Å²) in [5, 5.41) is 8.95. The first-order chi connectivity index (χ1) is 8.76. The SMILES string of the molecule is COCCN(CCO)CCOc1ccc(Br)cc1. The number of rotatable bonds is 9. The van der Waals surface area contributed by atoms with Crippen molar-refractivity contribution in [1.29, 1.82) is 0 Å². The molecule has 0 saturated heterocycles. The summed E-state index contributed by atoms with van der Waals surface area (Å²) in [6.45, 7) is 3.65. The molecule has 102 valence electrons. The number of aliphatic hydroxyl groups excluding tert-OH is 1. The van der Waals surface area contributed by atoms with Gasteiger partial charge < -0.3 is 14.6 Å². The monoisotopic (exact) mass is 317 g/mol. The number of methoxy groups -OCH3 is 1. The Morgan fingerprint density at radius 3 is 2.39 bits per heavy atom. The maximum atomic E-state index is 8.95. The molecule has 1 rings (SSSR count). The molecule has 0 unspecified atom stereocenters. The fraction of sp³-hybridized carbons (Fsp3) is 0.538. The molecule has 0 atom stereocenters. The van der Waals surface area contributed by atoms with Crippen molar-refractivity contribution in [1.82, 2.24) is 4.90 Å². The molecular formula is C13H20BrNO3. The molecule has 1 N–H and O–H groups in total. The van der Waals surface area contributed by atoms with E-state index in [1.165, 1.54) is 0 Å². The molecule has 0 radical (unpaired) electrons. The number of hydrogen-bond acceptors (Lipinski definition) is 4. The Balaban J connectivity index is 2.26. The third-order valence-corrected chi connectivity index (χ3v) is 3.05. The van der Waals surface area contributed by atoms with Crippen LogP contribution in [-0.4, -0.2) is 56.6 Å². The van der Waals surface area contributed by atoms with Gasteiger partial charge in [0.2, 0.25) is 0 Å². The van der Waals surface area contributed by atoms with Crippen molar-refractivity contribution in [2.24, 2.45) is 0 Å². The van der Waals surface area contributed by atoms with Crippen LogP contribution in [0.5, 0.6) is 5.75 Å². The molecule has 4 nitrogen and oxygen atoms in total. The second-order valence-corrected chi connectivity index (χ2v) is 4.78. The van der Waals surface area contributed by atoms with Crippen LogP contribution < -0.4 is 4.74 Å². The lowest BCUT2D eigenvalue weighted by molar-refractivity contribution is 0.118. The van der Waals surface area contributed by atoms with Gasteiger partial charge in [0, 0.05) is 31.2 Å². The van der Waals surface area contributed by atoms with Crippen LogP contribution in [0.15, 0.2) is 28.7 Å². The Labute approximate surface area is 117 Å². The smallest absolute Gasteiger partial charge is 0.119 e. The van der Waals surface area contributed by atoms with Crippen LogP contribution in [-0.2, 0) is 4.74 Å². The Bertz CT molecular complexity index is 319. The number of ether oxygens (including phenoxy) is 2. The zero-order valence-electron chi connectivity index (χ0n) is 10.6. The van der Waals surface area contributed by atoms with E-state index in [2.05, 4.69) is 20.8 Å². The molecule has 18 heavy (non-hydrogen) atoms. The molecule has 5 heteroatoms. The van der Waals surface area contributed by atoms with E-state index in [4.69, 9.17) is 14.6 Å². The summed E-state index contributed by atoms with van der Waals surface area (Å²) in [4.78, 5) is 2.11. The minimum Gasteiger partial charge on any atom is -0.492 e. The highest BCUT2D eigenvalue weighted by atomic mass is 79.9. The van der Waals surface area contributed by atoms with Crippen molar-refractivity contribution in [2.45, 2.75) is 0 Å². The summed E-state index contributed by atoms with van der Waals surface area (Å²) in [5.74, 6) is 0.855. The molecule has 0 aliphatic rings. The van der Waals surface area contributed by atoms with Gasteiger partial charge in [-0.3, -0.25) is 4.90 Å². The van der Waals surface area contributed by atoms with E-state index in [9.17, 15) is 0 Å². The number of nitrogens with zero attached hydrogens (tertiary/aromatic N) is 1. The Kier molecular flexibility index (Phi) is 8.00. The molecule has 0 aliphatic heterocycles. The first-order valence-corrected chi connectivity index (χ1v) is 6.76. The van der Waals surface area contributed by atoms with Crippen LogP contribution in [0.2, 0.25) is 0 Å². The van der Waals surface area contributed by atoms with E-state index in [-0.39, 0.29) is 6.61 Å². The first-order valence-electron chi connectivity index (χ1n) is 5.96. The van der Waals surface area contributed by atoms with Gasteiger partial charge in [-0.25, -0.2) is 0 Å². The van der Waals surface area contributed by atoms with Crippen LogP contribution in [0.4, 0.5) is 0 Å². The lowest BCUT2D eigenvalue weighted by Crippen LogP contribution is -2.33. The van der Waals surface area contributed by atoms with E-state index in [0.717, 1.165) is 23.3 Å². The van der Waals surface area contributed by atoms with Crippen LogP contribution in [0.25, 0.3) is 0 Å². The molecule has 0 amide bonds. The average Bonchev–Trinajstić information content (AvgIpc) is 2.38. The molecule has 0 aliphatic carbocycles. The van der Waals surface area contributed by atoms with Gasteiger partial charge in [-0.15, -0.1) is 0 Å². The van der Waals surface area contributed by atoms with Gasteiger partial charge in [0.1, 0.15) is 12.4 Å². The predicted molar refractivity (Wildman–Crippen MR) is 75.0 cm³/mol. The number of halogens is 1. The predicted octanol–water partition coefficient (Wildman–Crippen LogP) is 1.77. The molecule has 0 saturated carbocycles. The normalized spacial score (nSPS) is 10.9. The van der Waals surface area contributed by atoms with Crippen molar-refractivity contribution in [3.05, 3.63) is 28.7 Å². The summed E-state index contributed by atoms with van der Waals surface area (Å²) in [6.07, 6.45) is 0. The third-order valence-electron chi connectivity index (χ3n) is 2.52. The van der Waals surface area contributed by atoms with Gasteiger partial charge in [-0.2, -0.15) is 0 Å². The maximum absolute atomic E-state index is 8.95. The lowest BCUT2D eigenvalue weighted by atomic mass is 10.3. The van der Waals surface area contributed by atoms with Crippen LogP contribution >= 0.6 is 15.9 Å². The van der Waals surface area contributed by atoms with E-state index in [1.54, 1.807) is 7.11 Å². The Hall–Kier alpha value is -0.620. The molecule has 1 aromatic rings. The van der Waals surface area contributed by atoms with Crippen molar-refractivity contribution < 1.29 is 14.6 Å². The fourth-order valence-corrected chi connectivity index (χ4v) is 1.78. The molecule has 0 spiro atoms. The zero-order chi connectivity index (χ0) is 13.2. The molecule has 0 heterocycles. The lowest BCUT2D eigenvalue weighted by Gasteiger charge is -2.20. The topological polar surface area (TPSA) is 41.9 Å². The van der Waals surface area contributed by atoms with E-state index in [1.807, 2.05) is 24.3 Å². The van der Waals surface area contributed by atoms with Crippen molar-refractivity contribution in [2.75, 3.05) is 46.6 Å². The minimum atomic E-state index is 0.155. The van der Waals surface area contributed by atoms with E-state index in [0.29, 0.717) is 19.8 Å². The van der Waals surface area contributed by atoms with Crippen molar-refractivity contribution in [3.63, 3.8) is 0 Å². The fourth-order valence-electron chi connectivity index (χ4n) is 1.52. The number of aliphatic hydroxyl groups is 1. The van der Waals surface area contributed by atoms with Gasteiger partial charge in [-0.05, 0) is 24.3 Å². The van der Waals surface area contributed by atoms with E-state index >= 15 is 0 Å². The average molecular weight is 318 g/mol. The van der Waals surface area contributed by atoms with Gasteiger partial charge in [-0.1, -0.05) is 15.9 Å². The van der Waals surface area contributed by atoms with Crippen LogP contribution in [0, 0.1) is 0 Å². The second kappa shape index (κ2) is 9.33. The summed E-state index contributed by atoms with van der Waals surface area (Å²) in [6, 6.07) is 7.75. The quantitative estimate of drug-likeness (QED) is 0.753. The van der Waals surface area contributed by atoms with Crippen LogP contribution in [0.1, 0.15) is 0 Å². The van der Waals surface area contributed by atoms with Gasteiger partial charge in [0.05, 0.1) is 13.2 Å². The van der Waals surface area contributed by atoms with Crippen molar-refractivity contribution in [3.8, 4) is 5.75 Å². The zero-order valence-corrected chi connectivity index (χ0v) is 12.2. The summed E-state index contributed by atoms with van der Waals surface area (Å²) in [7, 11) is 1.68. The van der Waals surface area contributed by atoms with Crippen LogP contribution in [0.3, 0.4) is 0 Å². The van der Waals surface area contributed by atoms with Gasteiger partial charge in [0.15, 0.2) is 0 Å². The number of hydrogen-bond donors (Lipinski definition) is 1. The molecule has 0 fully saturated rings. The van der Waals surface area contributed by atoms with Gasteiger partial charge in [0.25, 0.3) is 0 Å². The molecule has 1 aromatic carbocycles. The number of benzene rings is 1. The second-order valence-electron chi connectivity index (χ2n) is 3.86. The van der Waals surface area contributed by atoms with Crippen molar-refractivity contribution >= 4 is 15.9 Å². The van der Waals surface area contributed by atoms with E-state index < -0.39 is 0 Å². The molecule has 0 bridgehead atoms. The largest absolute Gasteiger partial charge is 0.492 e. The van der Waals surface area contributed by atoms with Gasteiger partial charge >= 0.3 is 0 Å². The maximum Gasteiger partial charge on any atom is 0.119 e. The highest BCUT2D eigenvalue weighted by Crippen LogP contribution is 2.15. The molecular weight excluding hydrogens is 298 g/mol.